The molecular formula is C21H28N6O2. The summed E-state index contributed by atoms with van der Waals surface area (Å²) in [5.74, 6) is 1.22. The highest BCUT2D eigenvalue weighted by atomic mass is 16.2. The Kier molecular flexibility index (Phi) is 4.64. The van der Waals surface area contributed by atoms with E-state index in [-0.39, 0.29) is 17.7 Å². The first-order chi connectivity index (χ1) is 14.1. The molecule has 8 nitrogen and oxygen atoms in total. The number of carbonyl (C=O) groups is 2. The maximum atomic E-state index is 13.4. The molecule has 1 N–H and O–H groups in total. The second-order valence-corrected chi connectivity index (χ2v) is 8.71. The molecule has 1 aliphatic carbocycles. The fourth-order valence-corrected chi connectivity index (χ4v) is 4.50. The number of rotatable bonds is 3. The molecule has 8 heteroatoms. The van der Waals surface area contributed by atoms with Crippen molar-refractivity contribution in [1.82, 2.24) is 25.0 Å². The van der Waals surface area contributed by atoms with E-state index in [0.29, 0.717) is 37.7 Å². The molecule has 2 amide bonds. The Morgan fingerprint density at radius 1 is 0.966 bits per heavy atom. The van der Waals surface area contributed by atoms with Gasteiger partial charge in [0.2, 0.25) is 5.91 Å². The maximum absolute atomic E-state index is 13.4. The van der Waals surface area contributed by atoms with Gasteiger partial charge in [0.05, 0.1) is 22.8 Å². The van der Waals surface area contributed by atoms with Crippen molar-refractivity contribution in [1.29, 1.82) is 0 Å². The predicted octanol–water partition coefficient (Wildman–Crippen LogP) is 1.89. The number of anilines is 1. The van der Waals surface area contributed by atoms with Crippen molar-refractivity contribution in [2.45, 2.75) is 32.6 Å². The molecule has 0 unspecified atom stereocenters. The number of aromatic amines is 1. The Balaban J connectivity index is 1.38. The molecular weight excluding hydrogens is 368 g/mol. The van der Waals surface area contributed by atoms with E-state index >= 15 is 0 Å². The smallest absolute Gasteiger partial charge is 0.257 e. The molecule has 5 rings (SSSR count). The van der Waals surface area contributed by atoms with Gasteiger partial charge in [0.1, 0.15) is 0 Å². The Hall–Kier alpha value is -2.64. The van der Waals surface area contributed by atoms with E-state index in [2.05, 4.69) is 27.0 Å². The van der Waals surface area contributed by atoms with Gasteiger partial charge in [0, 0.05) is 51.4 Å². The molecule has 4 heterocycles. The molecule has 0 spiro atoms. The van der Waals surface area contributed by atoms with Crippen LogP contribution in [0.3, 0.4) is 0 Å². The summed E-state index contributed by atoms with van der Waals surface area (Å²) >= 11 is 0. The summed E-state index contributed by atoms with van der Waals surface area (Å²) in [6.07, 6.45) is 7.75. The van der Waals surface area contributed by atoms with Crippen LogP contribution >= 0.6 is 0 Å². The third-order valence-electron chi connectivity index (χ3n) is 6.59. The van der Waals surface area contributed by atoms with Crippen LogP contribution < -0.4 is 4.90 Å². The van der Waals surface area contributed by atoms with E-state index in [1.807, 2.05) is 9.80 Å². The minimum atomic E-state index is 0.00717. The van der Waals surface area contributed by atoms with Crippen LogP contribution in [0.2, 0.25) is 0 Å². The van der Waals surface area contributed by atoms with Gasteiger partial charge in [-0.2, -0.15) is 5.10 Å². The highest BCUT2D eigenvalue weighted by Crippen LogP contribution is 2.34. The van der Waals surface area contributed by atoms with Gasteiger partial charge in [-0.25, -0.2) is 4.98 Å². The predicted molar refractivity (Wildman–Crippen MR) is 110 cm³/mol. The van der Waals surface area contributed by atoms with E-state index in [1.54, 1.807) is 12.4 Å². The molecule has 2 saturated heterocycles. The minimum absolute atomic E-state index is 0.00717. The number of piperidine rings is 1. The molecule has 3 aliphatic rings. The van der Waals surface area contributed by atoms with Gasteiger partial charge in [0.15, 0.2) is 5.65 Å². The van der Waals surface area contributed by atoms with Crippen LogP contribution in [-0.4, -0.2) is 76.1 Å². The largest absolute Gasteiger partial charge is 0.370 e. The van der Waals surface area contributed by atoms with E-state index in [0.717, 1.165) is 55.5 Å². The quantitative estimate of drug-likeness (QED) is 0.856. The maximum Gasteiger partial charge on any atom is 0.257 e. The summed E-state index contributed by atoms with van der Waals surface area (Å²) in [6.45, 7) is 6.57. The third-order valence-corrected chi connectivity index (χ3v) is 6.59. The molecule has 2 aliphatic heterocycles. The highest BCUT2D eigenvalue weighted by Gasteiger charge is 2.36. The lowest BCUT2D eigenvalue weighted by Gasteiger charge is -2.37. The number of fused-ring (bicyclic) bond motifs is 1. The minimum Gasteiger partial charge on any atom is -0.370 e. The van der Waals surface area contributed by atoms with Crippen LogP contribution in [0.1, 0.15) is 43.0 Å². The Morgan fingerprint density at radius 3 is 2.34 bits per heavy atom. The van der Waals surface area contributed by atoms with Crippen LogP contribution in [0, 0.1) is 11.8 Å². The molecule has 2 aromatic rings. The van der Waals surface area contributed by atoms with Gasteiger partial charge < -0.3 is 14.7 Å². The van der Waals surface area contributed by atoms with Crippen molar-refractivity contribution in [3.63, 3.8) is 0 Å². The second kappa shape index (κ2) is 7.31. The van der Waals surface area contributed by atoms with E-state index < -0.39 is 0 Å². The average molecular weight is 396 g/mol. The molecule has 0 radical (unpaired) electrons. The van der Waals surface area contributed by atoms with Gasteiger partial charge >= 0.3 is 0 Å². The number of hydrogen-bond donors (Lipinski definition) is 1. The number of pyridine rings is 1. The number of hydrogen-bond acceptors (Lipinski definition) is 5. The summed E-state index contributed by atoms with van der Waals surface area (Å²) in [5.41, 5.74) is 2.32. The Bertz CT molecular complexity index is 920. The number of H-pyrrole nitrogens is 1. The number of carbonyl (C=O) groups excluding carboxylic acids is 2. The Morgan fingerprint density at radius 2 is 1.66 bits per heavy atom. The highest BCUT2D eigenvalue weighted by molar-refractivity contribution is 6.06. The van der Waals surface area contributed by atoms with Crippen LogP contribution in [-0.2, 0) is 4.79 Å². The van der Waals surface area contributed by atoms with Crippen molar-refractivity contribution in [2.24, 2.45) is 11.8 Å². The summed E-state index contributed by atoms with van der Waals surface area (Å²) in [7, 11) is 0. The zero-order valence-electron chi connectivity index (χ0n) is 16.9. The van der Waals surface area contributed by atoms with Gasteiger partial charge in [-0.3, -0.25) is 14.7 Å². The molecule has 154 valence electrons. The van der Waals surface area contributed by atoms with Crippen molar-refractivity contribution in [3.8, 4) is 0 Å². The fraction of sp³-hybridized carbons (Fsp3) is 0.619. The SMILES string of the molecule is CC1CCN(c2c(C(=O)N3CCN(C(=O)C4CC4)CC3)cnc3[nH]ncc23)CC1. The number of piperazine rings is 1. The molecule has 29 heavy (non-hydrogen) atoms. The zero-order chi connectivity index (χ0) is 20.0. The van der Waals surface area contributed by atoms with E-state index in [4.69, 9.17) is 0 Å². The first-order valence-electron chi connectivity index (χ1n) is 10.8. The van der Waals surface area contributed by atoms with E-state index in [1.165, 1.54) is 0 Å². The summed E-state index contributed by atoms with van der Waals surface area (Å²) in [4.78, 5) is 36.3. The van der Waals surface area contributed by atoms with Crippen molar-refractivity contribution < 1.29 is 9.59 Å². The average Bonchev–Trinajstić information content (AvgIpc) is 3.49. The van der Waals surface area contributed by atoms with Gasteiger partial charge in [-0.05, 0) is 31.6 Å². The topological polar surface area (TPSA) is 85.4 Å². The lowest BCUT2D eigenvalue weighted by atomic mass is 9.97. The van der Waals surface area contributed by atoms with Crippen LogP contribution in [0.5, 0.6) is 0 Å². The second-order valence-electron chi connectivity index (χ2n) is 8.71. The first kappa shape index (κ1) is 18.4. The van der Waals surface area contributed by atoms with Gasteiger partial charge in [-0.1, -0.05) is 6.92 Å². The standard InChI is InChI=1S/C21H28N6O2/c1-14-4-6-25(7-5-14)18-16-13-23-24-19(16)22-12-17(18)21(29)27-10-8-26(9-11-27)20(28)15-2-3-15/h12-15H,2-11H2,1H3,(H,22,23,24). The van der Waals surface area contributed by atoms with Crippen molar-refractivity contribution in [3.05, 3.63) is 18.0 Å². The number of aromatic nitrogens is 3. The van der Waals surface area contributed by atoms with Gasteiger partial charge in [-0.15, -0.1) is 0 Å². The van der Waals surface area contributed by atoms with Crippen LogP contribution in [0.4, 0.5) is 5.69 Å². The molecule has 0 bridgehead atoms. The monoisotopic (exact) mass is 396 g/mol. The number of nitrogens with one attached hydrogen (secondary N) is 1. The van der Waals surface area contributed by atoms with Gasteiger partial charge in [0.25, 0.3) is 5.91 Å². The van der Waals surface area contributed by atoms with E-state index in [9.17, 15) is 9.59 Å². The lowest BCUT2D eigenvalue weighted by molar-refractivity contribution is -0.134. The van der Waals surface area contributed by atoms with Crippen LogP contribution in [0.15, 0.2) is 12.4 Å². The molecule has 0 aromatic carbocycles. The molecule has 2 aromatic heterocycles. The normalized spacial score (nSPS) is 21.1. The Labute approximate surface area is 170 Å². The van der Waals surface area contributed by atoms with Crippen molar-refractivity contribution in [2.75, 3.05) is 44.2 Å². The molecule has 3 fully saturated rings. The summed E-state index contributed by atoms with van der Waals surface area (Å²) in [6, 6.07) is 0. The molecule has 0 atom stereocenters. The summed E-state index contributed by atoms with van der Waals surface area (Å²) in [5, 5.41) is 7.99. The van der Waals surface area contributed by atoms with Crippen LogP contribution in [0.25, 0.3) is 11.0 Å². The lowest BCUT2D eigenvalue weighted by Crippen LogP contribution is -2.51. The van der Waals surface area contributed by atoms with Crippen molar-refractivity contribution >= 4 is 28.5 Å². The molecule has 1 saturated carbocycles. The number of nitrogens with zero attached hydrogens (tertiary/aromatic N) is 5. The third kappa shape index (κ3) is 3.45. The number of amides is 2. The first-order valence-corrected chi connectivity index (χ1v) is 10.8. The summed E-state index contributed by atoms with van der Waals surface area (Å²) < 4.78 is 0. The fourth-order valence-electron chi connectivity index (χ4n) is 4.50. The zero-order valence-corrected chi connectivity index (χ0v) is 16.9.